The third-order valence-electron chi connectivity index (χ3n) is 3.50. The fourth-order valence-corrected chi connectivity index (χ4v) is 2.24. The zero-order valence-corrected chi connectivity index (χ0v) is 10.0. The van der Waals surface area contributed by atoms with E-state index >= 15 is 0 Å². The molecule has 2 rings (SSSR count). The Labute approximate surface area is 96.2 Å². The van der Waals surface area contributed by atoms with Gasteiger partial charge in [0.05, 0.1) is 19.3 Å². The second kappa shape index (κ2) is 4.03. The van der Waals surface area contributed by atoms with Gasteiger partial charge in [-0.3, -0.25) is 16.3 Å². The molecule has 1 aromatic heterocycles. The van der Waals surface area contributed by atoms with E-state index < -0.39 is 0 Å². The molecule has 1 fully saturated rings. The van der Waals surface area contributed by atoms with E-state index in [1.807, 2.05) is 12.3 Å². The van der Waals surface area contributed by atoms with E-state index in [9.17, 15) is 0 Å². The number of nitrogens with two attached hydrogens (primary N) is 1. The maximum Gasteiger partial charge on any atom is 0.137 e. The zero-order valence-electron chi connectivity index (χ0n) is 10.0. The molecule has 0 bridgehead atoms. The predicted molar refractivity (Wildman–Crippen MR) is 62.7 cm³/mol. The molecular weight excluding hydrogens is 202 g/mol. The van der Waals surface area contributed by atoms with Crippen molar-refractivity contribution in [2.75, 3.05) is 7.11 Å². The molecule has 2 unspecified atom stereocenters. The van der Waals surface area contributed by atoms with Crippen molar-refractivity contribution in [2.24, 2.45) is 17.2 Å². The largest absolute Gasteiger partial charge is 0.495 e. The molecule has 0 radical (unpaired) electrons. The first-order valence-corrected chi connectivity index (χ1v) is 5.53. The highest BCUT2D eigenvalue weighted by molar-refractivity contribution is 5.28. The van der Waals surface area contributed by atoms with Gasteiger partial charge >= 0.3 is 0 Å². The van der Waals surface area contributed by atoms with Gasteiger partial charge < -0.3 is 4.74 Å². The molecule has 1 aliphatic rings. The maximum atomic E-state index is 5.64. The average Bonchev–Trinajstić information content (AvgIpc) is 2.89. The van der Waals surface area contributed by atoms with Crippen LogP contribution >= 0.6 is 0 Å². The smallest absolute Gasteiger partial charge is 0.137 e. The number of hydrogen-bond donors (Lipinski definition) is 2. The first kappa shape index (κ1) is 11.4. The number of hydrazine groups is 1. The zero-order chi connectivity index (χ0) is 11.8. The molecule has 4 nitrogen and oxygen atoms in total. The second-order valence-corrected chi connectivity index (χ2v) is 5.10. The molecule has 1 aliphatic carbocycles. The molecule has 0 aromatic carbocycles. The molecular formula is C12H19N3O. The first-order valence-electron chi connectivity index (χ1n) is 5.53. The lowest BCUT2D eigenvalue weighted by molar-refractivity contribution is 0.402. The molecule has 88 valence electrons. The number of hydrogen-bond acceptors (Lipinski definition) is 4. The van der Waals surface area contributed by atoms with Crippen molar-refractivity contribution in [1.82, 2.24) is 10.4 Å². The summed E-state index contributed by atoms with van der Waals surface area (Å²) in [5, 5.41) is 0. The van der Waals surface area contributed by atoms with E-state index in [2.05, 4.69) is 24.3 Å². The van der Waals surface area contributed by atoms with E-state index in [1.54, 1.807) is 13.3 Å². The fraction of sp³-hybridized carbons (Fsp3) is 0.583. The standard InChI is InChI=1S/C12H19N3O/c1-12(2)5-10(12)11(15-13)8-4-9(16-3)7-14-6-8/h4,6-7,10-11,15H,5,13H2,1-3H3. The summed E-state index contributed by atoms with van der Waals surface area (Å²) < 4.78 is 5.17. The molecule has 1 heterocycles. The Hall–Kier alpha value is -1.13. The Morgan fingerprint density at radius 3 is 2.75 bits per heavy atom. The van der Waals surface area contributed by atoms with E-state index in [1.165, 1.54) is 6.42 Å². The second-order valence-electron chi connectivity index (χ2n) is 5.10. The van der Waals surface area contributed by atoms with Crippen molar-refractivity contribution in [3.05, 3.63) is 24.0 Å². The number of methoxy groups -OCH3 is 1. The van der Waals surface area contributed by atoms with Gasteiger partial charge in [0, 0.05) is 6.20 Å². The van der Waals surface area contributed by atoms with E-state index in [4.69, 9.17) is 10.6 Å². The van der Waals surface area contributed by atoms with Gasteiger partial charge in [-0.25, -0.2) is 0 Å². The van der Waals surface area contributed by atoms with Gasteiger partial charge in [0.15, 0.2) is 0 Å². The number of aromatic nitrogens is 1. The number of pyridine rings is 1. The SMILES string of the molecule is COc1cncc(C(NN)C2CC2(C)C)c1. The number of nitrogens with one attached hydrogen (secondary N) is 1. The number of nitrogens with zero attached hydrogens (tertiary/aromatic N) is 1. The maximum absolute atomic E-state index is 5.64. The van der Waals surface area contributed by atoms with Crippen LogP contribution in [0.1, 0.15) is 31.9 Å². The minimum absolute atomic E-state index is 0.164. The van der Waals surface area contributed by atoms with Crippen LogP contribution in [0.2, 0.25) is 0 Å². The van der Waals surface area contributed by atoms with Crippen LogP contribution in [0.3, 0.4) is 0 Å². The van der Waals surface area contributed by atoms with E-state index in [0.29, 0.717) is 11.3 Å². The Bertz CT molecular complexity index is 378. The molecule has 1 saturated carbocycles. The molecule has 0 saturated heterocycles. The van der Waals surface area contributed by atoms with Gasteiger partial charge in [-0.15, -0.1) is 0 Å². The summed E-state index contributed by atoms with van der Waals surface area (Å²) in [5.41, 5.74) is 4.36. The summed E-state index contributed by atoms with van der Waals surface area (Å²) in [7, 11) is 1.65. The van der Waals surface area contributed by atoms with Crippen LogP contribution in [0.15, 0.2) is 18.5 Å². The van der Waals surface area contributed by atoms with Crippen molar-refractivity contribution >= 4 is 0 Å². The highest BCUT2D eigenvalue weighted by Gasteiger charge is 2.50. The average molecular weight is 221 g/mol. The van der Waals surface area contributed by atoms with Crippen molar-refractivity contribution in [3.8, 4) is 5.75 Å². The first-order chi connectivity index (χ1) is 7.58. The van der Waals surface area contributed by atoms with Crippen LogP contribution in [0.5, 0.6) is 5.75 Å². The lowest BCUT2D eigenvalue weighted by atomic mass is 9.99. The van der Waals surface area contributed by atoms with Crippen LogP contribution in [0.25, 0.3) is 0 Å². The van der Waals surface area contributed by atoms with E-state index in [-0.39, 0.29) is 6.04 Å². The van der Waals surface area contributed by atoms with Crippen LogP contribution in [0, 0.1) is 11.3 Å². The van der Waals surface area contributed by atoms with Crippen molar-refractivity contribution in [3.63, 3.8) is 0 Å². The van der Waals surface area contributed by atoms with Gasteiger partial charge in [-0.05, 0) is 29.4 Å². The lowest BCUT2D eigenvalue weighted by Crippen LogP contribution is -2.30. The van der Waals surface area contributed by atoms with Gasteiger partial charge in [0.1, 0.15) is 5.75 Å². The molecule has 0 spiro atoms. The summed E-state index contributed by atoms with van der Waals surface area (Å²) in [4.78, 5) is 4.16. The molecule has 3 N–H and O–H groups in total. The monoisotopic (exact) mass is 221 g/mol. The van der Waals surface area contributed by atoms with Gasteiger partial charge in [-0.2, -0.15) is 0 Å². The highest BCUT2D eigenvalue weighted by Crippen LogP contribution is 2.57. The highest BCUT2D eigenvalue weighted by atomic mass is 16.5. The Kier molecular flexibility index (Phi) is 2.86. The van der Waals surface area contributed by atoms with Crippen molar-refractivity contribution < 1.29 is 4.74 Å². The van der Waals surface area contributed by atoms with Gasteiger partial charge in [-0.1, -0.05) is 13.8 Å². The Balaban J connectivity index is 2.20. The van der Waals surface area contributed by atoms with Gasteiger partial charge in [0.25, 0.3) is 0 Å². The van der Waals surface area contributed by atoms with Crippen LogP contribution < -0.4 is 16.0 Å². The number of ether oxygens (including phenoxy) is 1. The quantitative estimate of drug-likeness (QED) is 0.599. The summed E-state index contributed by atoms with van der Waals surface area (Å²) in [5.74, 6) is 6.99. The molecule has 16 heavy (non-hydrogen) atoms. The summed E-state index contributed by atoms with van der Waals surface area (Å²) in [6.45, 7) is 4.52. The van der Waals surface area contributed by atoms with Gasteiger partial charge in [0.2, 0.25) is 0 Å². The van der Waals surface area contributed by atoms with Crippen LogP contribution in [0.4, 0.5) is 0 Å². The minimum atomic E-state index is 0.164. The normalized spacial score (nSPS) is 23.9. The summed E-state index contributed by atoms with van der Waals surface area (Å²) in [6, 6.07) is 2.16. The molecule has 0 amide bonds. The summed E-state index contributed by atoms with van der Waals surface area (Å²) >= 11 is 0. The fourth-order valence-electron chi connectivity index (χ4n) is 2.24. The van der Waals surface area contributed by atoms with Crippen molar-refractivity contribution in [1.29, 1.82) is 0 Å². The molecule has 2 atom stereocenters. The molecule has 1 aromatic rings. The Morgan fingerprint density at radius 1 is 1.56 bits per heavy atom. The van der Waals surface area contributed by atoms with Crippen molar-refractivity contribution in [2.45, 2.75) is 26.3 Å². The van der Waals surface area contributed by atoms with E-state index in [0.717, 1.165) is 11.3 Å². The molecule has 0 aliphatic heterocycles. The summed E-state index contributed by atoms with van der Waals surface area (Å²) in [6.07, 6.45) is 4.75. The molecule has 4 heteroatoms. The lowest BCUT2D eigenvalue weighted by Gasteiger charge is -2.18. The van der Waals surface area contributed by atoms with Crippen LogP contribution in [-0.4, -0.2) is 12.1 Å². The third kappa shape index (κ3) is 2.03. The number of rotatable bonds is 4. The Morgan fingerprint density at radius 2 is 2.25 bits per heavy atom. The topological polar surface area (TPSA) is 60.2 Å². The third-order valence-corrected chi connectivity index (χ3v) is 3.50. The minimum Gasteiger partial charge on any atom is -0.495 e. The predicted octanol–water partition coefficient (Wildman–Crippen LogP) is 1.64. The van der Waals surface area contributed by atoms with Crippen LogP contribution in [-0.2, 0) is 0 Å².